The molecule has 0 radical (unpaired) electrons. The average Bonchev–Trinajstić information content (AvgIpc) is 3.10. The van der Waals surface area contributed by atoms with Crippen molar-refractivity contribution in [3.8, 4) is 11.3 Å². The first-order chi connectivity index (χ1) is 12.5. The number of thiazole rings is 1. The van der Waals surface area contributed by atoms with Crippen LogP contribution in [0.25, 0.3) is 11.3 Å². The molecule has 7 heteroatoms. The van der Waals surface area contributed by atoms with Gasteiger partial charge in [0.1, 0.15) is 0 Å². The van der Waals surface area contributed by atoms with Gasteiger partial charge in [-0.2, -0.15) is 0 Å². The van der Waals surface area contributed by atoms with E-state index in [0.717, 1.165) is 16.8 Å². The van der Waals surface area contributed by atoms with Gasteiger partial charge in [0.25, 0.3) is 0 Å². The van der Waals surface area contributed by atoms with Gasteiger partial charge in [-0.05, 0) is 5.56 Å². The Morgan fingerprint density at radius 2 is 1.65 bits per heavy atom. The van der Waals surface area contributed by atoms with Crippen molar-refractivity contribution in [2.24, 2.45) is 0 Å². The second-order valence-corrected chi connectivity index (χ2v) is 8.82. The molecule has 0 saturated heterocycles. The van der Waals surface area contributed by atoms with E-state index in [2.05, 4.69) is 10.3 Å². The van der Waals surface area contributed by atoms with E-state index in [-0.39, 0.29) is 23.8 Å². The van der Waals surface area contributed by atoms with Crippen LogP contribution >= 0.6 is 11.3 Å². The Kier molecular flexibility index (Phi) is 5.80. The van der Waals surface area contributed by atoms with Crippen LogP contribution in [0.15, 0.2) is 66.0 Å². The first-order valence-corrected chi connectivity index (χ1v) is 10.8. The van der Waals surface area contributed by atoms with E-state index in [1.165, 1.54) is 11.3 Å². The highest BCUT2D eigenvalue weighted by Crippen LogP contribution is 2.24. The number of carbonyl (C=O) groups is 1. The van der Waals surface area contributed by atoms with Crippen molar-refractivity contribution in [3.63, 3.8) is 0 Å². The minimum absolute atomic E-state index is 0.0590. The van der Waals surface area contributed by atoms with Gasteiger partial charge in [0.2, 0.25) is 5.91 Å². The molecule has 3 rings (SSSR count). The van der Waals surface area contributed by atoms with Crippen LogP contribution in [-0.4, -0.2) is 25.1 Å². The highest BCUT2D eigenvalue weighted by molar-refractivity contribution is 7.90. The Labute approximate surface area is 156 Å². The van der Waals surface area contributed by atoms with E-state index in [4.69, 9.17) is 0 Å². The van der Waals surface area contributed by atoms with Crippen molar-refractivity contribution in [1.29, 1.82) is 0 Å². The fourth-order valence-electron chi connectivity index (χ4n) is 2.40. The van der Waals surface area contributed by atoms with Crippen molar-refractivity contribution in [2.45, 2.75) is 12.2 Å². The van der Waals surface area contributed by atoms with Crippen molar-refractivity contribution >= 4 is 32.2 Å². The number of benzene rings is 2. The minimum atomic E-state index is -3.34. The second kappa shape index (κ2) is 8.25. The first-order valence-electron chi connectivity index (χ1n) is 8.07. The minimum Gasteiger partial charge on any atom is -0.302 e. The molecule has 0 saturated carbocycles. The molecule has 0 bridgehead atoms. The second-order valence-electron chi connectivity index (χ2n) is 5.78. The summed E-state index contributed by atoms with van der Waals surface area (Å²) in [5.74, 6) is -0.600. The standard InChI is InChI=1S/C19H18N2O3S2/c22-18(11-12-26(23,24)14-15-7-3-1-4-8-15)21-19-20-17(13-25-19)16-9-5-2-6-10-16/h1-10,13H,11-12,14H2,(H,20,21,22). The molecule has 1 aromatic heterocycles. The van der Waals surface area contributed by atoms with Gasteiger partial charge in [0.15, 0.2) is 15.0 Å². The lowest BCUT2D eigenvalue weighted by molar-refractivity contribution is -0.115. The van der Waals surface area contributed by atoms with Crippen LogP contribution in [0.1, 0.15) is 12.0 Å². The van der Waals surface area contributed by atoms with Crippen LogP contribution in [0, 0.1) is 0 Å². The molecular formula is C19H18N2O3S2. The van der Waals surface area contributed by atoms with Gasteiger partial charge in [-0.15, -0.1) is 11.3 Å². The lowest BCUT2D eigenvalue weighted by Gasteiger charge is -2.05. The summed E-state index contributed by atoms with van der Waals surface area (Å²) < 4.78 is 24.3. The fourth-order valence-corrected chi connectivity index (χ4v) is 4.48. The number of hydrogen-bond acceptors (Lipinski definition) is 5. The summed E-state index contributed by atoms with van der Waals surface area (Å²) in [7, 11) is -3.34. The zero-order chi connectivity index (χ0) is 18.4. The molecule has 2 aromatic carbocycles. The number of hydrogen-bond donors (Lipinski definition) is 1. The Morgan fingerprint density at radius 1 is 1.00 bits per heavy atom. The van der Waals surface area contributed by atoms with Gasteiger partial charge in [0.05, 0.1) is 17.2 Å². The molecule has 0 atom stereocenters. The number of anilines is 1. The summed E-state index contributed by atoms with van der Waals surface area (Å²) in [6, 6.07) is 18.6. The zero-order valence-corrected chi connectivity index (χ0v) is 15.6. The van der Waals surface area contributed by atoms with Crippen molar-refractivity contribution < 1.29 is 13.2 Å². The van der Waals surface area contributed by atoms with Gasteiger partial charge in [0, 0.05) is 17.4 Å². The molecule has 0 aliphatic carbocycles. The third-order valence-electron chi connectivity index (χ3n) is 3.69. The van der Waals surface area contributed by atoms with Crippen molar-refractivity contribution in [1.82, 2.24) is 4.98 Å². The van der Waals surface area contributed by atoms with E-state index >= 15 is 0 Å². The van der Waals surface area contributed by atoms with Crippen LogP contribution in [-0.2, 0) is 20.4 Å². The molecule has 3 aromatic rings. The maximum absolute atomic E-state index is 12.2. The van der Waals surface area contributed by atoms with Crippen LogP contribution in [0.5, 0.6) is 0 Å². The van der Waals surface area contributed by atoms with Gasteiger partial charge in [-0.1, -0.05) is 60.7 Å². The van der Waals surface area contributed by atoms with Crippen molar-refractivity contribution in [3.05, 3.63) is 71.6 Å². The molecule has 0 aliphatic heterocycles. The van der Waals surface area contributed by atoms with Gasteiger partial charge < -0.3 is 5.32 Å². The monoisotopic (exact) mass is 386 g/mol. The quantitative estimate of drug-likeness (QED) is 0.671. The first kappa shape index (κ1) is 18.3. The number of sulfone groups is 1. The third kappa shape index (κ3) is 5.24. The summed E-state index contributed by atoms with van der Waals surface area (Å²) in [6.45, 7) is 0. The molecule has 0 fully saturated rings. The average molecular weight is 386 g/mol. The van der Waals surface area contributed by atoms with E-state index in [1.807, 2.05) is 41.8 Å². The topological polar surface area (TPSA) is 76.1 Å². The smallest absolute Gasteiger partial charge is 0.227 e. The predicted octanol–water partition coefficient (Wildman–Crippen LogP) is 3.75. The predicted molar refractivity (Wildman–Crippen MR) is 105 cm³/mol. The number of carbonyl (C=O) groups excluding carboxylic acids is 1. The molecule has 0 spiro atoms. The van der Waals surface area contributed by atoms with E-state index in [0.29, 0.717) is 5.13 Å². The third-order valence-corrected chi connectivity index (χ3v) is 6.05. The number of rotatable bonds is 7. The largest absolute Gasteiger partial charge is 0.302 e. The van der Waals surface area contributed by atoms with E-state index < -0.39 is 9.84 Å². The Balaban J connectivity index is 1.54. The van der Waals surface area contributed by atoms with Gasteiger partial charge in [-0.3, -0.25) is 4.79 Å². The van der Waals surface area contributed by atoms with Crippen LogP contribution in [0.4, 0.5) is 5.13 Å². The Hall–Kier alpha value is -2.51. The highest BCUT2D eigenvalue weighted by atomic mass is 32.2. The summed E-state index contributed by atoms with van der Waals surface area (Å²) in [5, 5.41) is 5.00. The number of nitrogens with one attached hydrogen (secondary N) is 1. The molecule has 1 N–H and O–H groups in total. The number of aromatic nitrogens is 1. The van der Waals surface area contributed by atoms with Crippen molar-refractivity contribution in [2.75, 3.05) is 11.1 Å². The summed E-state index contributed by atoms with van der Waals surface area (Å²) >= 11 is 1.32. The summed E-state index contributed by atoms with van der Waals surface area (Å²) in [4.78, 5) is 16.4. The number of nitrogens with zero attached hydrogens (tertiary/aromatic N) is 1. The molecule has 1 amide bonds. The fraction of sp³-hybridized carbons (Fsp3) is 0.158. The molecule has 1 heterocycles. The normalized spacial score (nSPS) is 11.2. The van der Waals surface area contributed by atoms with Crippen LogP contribution < -0.4 is 5.32 Å². The lowest BCUT2D eigenvalue weighted by atomic mass is 10.2. The molecule has 0 unspecified atom stereocenters. The molecule has 26 heavy (non-hydrogen) atoms. The van der Waals surface area contributed by atoms with Crippen LogP contribution in [0.3, 0.4) is 0 Å². The lowest BCUT2D eigenvalue weighted by Crippen LogP contribution is -2.18. The Bertz CT molecular complexity index is 968. The summed E-state index contributed by atoms with van der Waals surface area (Å²) in [6.07, 6.45) is -0.0879. The zero-order valence-electron chi connectivity index (χ0n) is 14.0. The highest BCUT2D eigenvalue weighted by Gasteiger charge is 2.15. The molecular weight excluding hydrogens is 368 g/mol. The Morgan fingerprint density at radius 3 is 2.35 bits per heavy atom. The van der Waals surface area contributed by atoms with Gasteiger partial charge >= 0.3 is 0 Å². The summed E-state index contributed by atoms with van der Waals surface area (Å²) in [5.41, 5.74) is 2.47. The van der Waals surface area contributed by atoms with E-state index in [1.54, 1.807) is 24.3 Å². The molecule has 5 nitrogen and oxygen atoms in total. The maximum Gasteiger partial charge on any atom is 0.227 e. The SMILES string of the molecule is O=C(CCS(=O)(=O)Cc1ccccc1)Nc1nc(-c2ccccc2)cs1. The van der Waals surface area contributed by atoms with Crippen LogP contribution in [0.2, 0.25) is 0 Å². The molecule has 134 valence electrons. The maximum atomic E-state index is 12.2. The van der Waals surface area contributed by atoms with E-state index in [9.17, 15) is 13.2 Å². The van der Waals surface area contributed by atoms with Gasteiger partial charge in [-0.25, -0.2) is 13.4 Å². The molecule has 0 aliphatic rings. The number of amides is 1.